The van der Waals surface area contributed by atoms with Crippen LogP contribution in [0.2, 0.25) is 0 Å². The molecule has 0 saturated heterocycles. The van der Waals surface area contributed by atoms with Crippen molar-refractivity contribution in [2.24, 2.45) is 0 Å². The number of carbonyl (C=O) groups excluding carboxylic acids is 1. The molecule has 2 rings (SSSR count). The van der Waals surface area contributed by atoms with E-state index < -0.39 is 0 Å². The summed E-state index contributed by atoms with van der Waals surface area (Å²) >= 11 is 0. The highest BCUT2D eigenvalue weighted by Gasteiger charge is 2.24. The van der Waals surface area contributed by atoms with Crippen LogP contribution in [0.25, 0.3) is 11.0 Å². The Balaban J connectivity index is 2.43. The number of rotatable bonds is 4. The third-order valence-electron chi connectivity index (χ3n) is 3.26. The topological polar surface area (TPSA) is 53.7 Å². The Labute approximate surface area is 112 Å². The molecule has 0 radical (unpaired) electrons. The van der Waals surface area contributed by atoms with E-state index in [1.807, 2.05) is 45.0 Å². The molecule has 2 aromatic rings. The van der Waals surface area contributed by atoms with Crippen LogP contribution in [0.5, 0.6) is 0 Å². The van der Waals surface area contributed by atoms with E-state index in [2.05, 4.69) is 0 Å². The minimum atomic E-state index is -0.169. The molecule has 1 aromatic carbocycles. The first-order valence-electron chi connectivity index (χ1n) is 6.46. The molecule has 0 aliphatic carbocycles. The third kappa shape index (κ3) is 2.49. The molecular weight excluding hydrogens is 242 g/mol. The lowest BCUT2D eigenvalue weighted by Gasteiger charge is -2.25. The molecule has 0 fully saturated rings. The monoisotopic (exact) mass is 261 g/mol. The van der Waals surface area contributed by atoms with Crippen molar-refractivity contribution in [2.45, 2.75) is 26.8 Å². The maximum atomic E-state index is 12.5. The number of carbonyl (C=O) groups is 1. The van der Waals surface area contributed by atoms with Crippen molar-refractivity contribution in [1.29, 1.82) is 0 Å². The van der Waals surface area contributed by atoms with Gasteiger partial charge in [0, 0.05) is 23.5 Å². The van der Waals surface area contributed by atoms with Crippen molar-refractivity contribution in [2.75, 3.05) is 13.2 Å². The van der Waals surface area contributed by atoms with Gasteiger partial charge < -0.3 is 14.4 Å². The number of aliphatic hydroxyl groups excluding tert-OH is 1. The Hall–Kier alpha value is -1.81. The summed E-state index contributed by atoms with van der Waals surface area (Å²) in [6.07, 6.45) is 0. The Morgan fingerprint density at radius 1 is 1.37 bits per heavy atom. The predicted molar refractivity (Wildman–Crippen MR) is 74.2 cm³/mol. The number of para-hydroxylation sites is 1. The summed E-state index contributed by atoms with van der Waals surface area (Å²) < 4.78 is 5.67. The Morgan fingerprint density at radius 3 is 2.63 bits per heavy atom. The highest BCUT2D eigenvalue weighted by atomic mass is 16.3. The van der Waals surface area contributed by atoms with E-state index in [1.54, 1.807) is 4.90 Å². The molecule has 1 amide bonds. The highest BCUT2D eigenvalue weighted by Crippen LogP contribution is 2.26. The summed E-state index contributed by atoms with van der Waals surface area (Å²) in [6, 6.07) is 7.62. The molecule has 4 nitrogen and oxygen atoms in total. The SMILES string of the molecule is Cc1c(C(=O)N(CCO)C(C)C)oc2ccccc12. The average molecular weight is 261 g/mol. The second kappa shape index (κ2) is 5.45. The van der Waals surface area contributed by atoms with Gasteiger partial charge in [0.15, 0.2) is 5.76 Å². The number of hydrogen-bond donors (Lipinski definition) is 1. The van der Waals surface area contributed by atoms with Crippen molar-refractivity contribution in [3.05, 3.63) is 35.6 Å². The van der Waals surface area contributed by atoms with Gasteiger partial charge in [0.2, 0.25) is 0 Å². The fourth-order valence-electron chi connectivity index (χ4n) is 2.21. The molecule has 1 heterocycles. The smallest absolute Gasteiger partial charge is 0.290 e. The number of aryl methyl sites for hydroxylation is 1. The standard InChI is InChI=1S/C15H19NO3/c1-10(2)16(8-9-17)15(18)14-11(3)12-6-4-5-7-13(12)19-14/h4-7,10,17H,8-9H2,1-3H3. The molecule has 4 heteroatoms. The quantitative estimate of drug-likeness (QED) is 0.920. The van der Waals surface area contributed by atoms with Crippen molar-refractivity contribution < 1.29 is 14.3 Å². The summed E-state index contributed by atoms with van der Waals surface area (Å²) in [5.41, 5.74) is 1.57. The number of benzene rings is 1. The Morgan fingerprint density at radius 2 is 2.05 bits per heavy atom. The molecule has 0 spiro atoms. The van der Waals surface area contributed by atoms with E-state index in [9.17, 15) is 4.79 Å². The molecular formula is C15H19NO3. The highest BCUT2D eigenvalue weighted by molar-refractivity contribution is 5.99. The largest absolute Gasteiger partial charge is 0.451 e. The van der Waals surface area contributed by atoms with Gasteiger partial charge in [-0.3, -0.25) is 4.79 Å². The van der Waals surface area contributed by atoms with Crippen LogP contribution in [-0.2, 0) is 0 Å². The predicted octanol–water partition coefficient (Wildman–Crippen LogP) is 2.58. The van der Waals surface area contributed by atoms with E-state index >= 15 is 0 Å². The summed E-state index contributed by atoms with van der Waals surface area (Å²) in [4.78, 5) is 14.1. The molecule has 102 valence electrons. The molecule has 0 atom stereocenters. The molecule has 0 unspecified atom stereocenters. The van der Waals surface area contributed by atoms with Crippen LogP contribution in [0.1, 0.15) is 30.0 Å². The summed E-state index contributed by atoms with van der Waals surface area (Å²) in [7, 11) is 0. The van der Waals surface area contributed by atoms with Crippen molar-refractivity contribution in [3.8, 4) is 0 Å². The summed E-state index contributed by atoms with van der Waals surface area (Å²) in [5.74, 6) is 0.195. The van der Waals surface area contributed by atoms with Crippen LogP contribution in [0, 0.1) is 6.92 Å². The minimum absolute atomic E-state index is 0.0206. The maximum absolute atomic E-state index is 12.5. The Kier molecular flexibility index (Phi) is 3.90. The van der Waals surface area contributed by atoms with Gasteiger partial charge in [0.05, 0.1) is 6.61 Å². The zero-order chi connectivity index (χ0) is 14.0. The van der Waals surface area contributed by atoms with E-state index in [4.69, 9.17) is 9.52 Å². The van der Waals surface area contributed by atoms with Gasteiger partial charge in [-0.05, 0) is 26.8 Å². The van der Waals surface area contributed by atoms with Gasteiger partial charge in [-0.15, -0.1) is 0 Å². The number of nitrogens with zero attached hydrogens (tertiary/aromatic N) is 1. The fourth-order valence-corrected chi connectivity index (χ4v) is 2.21. The van der Waals surface area contributed by atoms with Crippen LogP contribution >= 0.6 is 0 Å². The number of amides is 1. The van der Waals surface area contributed by atoms with E-state index in [-0.39, 0.29) is 18.6 Å². The minimum Gasteiger partial charge on any atom is -0.451 e. The van der Waals surface area contributed by atoms with E-state index in [0.29, 0.717) is 12.3 Å². The van der Waals surface area contributed by atoms with Crippen LogP contribution in [0.15, 0.2) is 28.7 Å². The lowest BCUT2D eigenvalue weighted by molar-refractivity contribution is 0.0634. The maximum Gasteiger partial charge on any atom is 0.290 e. The average Bonchev–Trinajstić information content (AvgIpc) is 2.73. The number of fused-ring (bicyclic) bond motifs is 1. The zero-order valence-corrected chi connectivity index (χ0v) is 11.5. The van der Waals surface area contributed by atoms with Gasteiger partial charge >= 0.3 is 0 Å². The van der Waals surface area contributed by atoms with Crippen LogP contribution in [0.3, 0.4) is 0 Å². The zero-order valence-electron chi connectivity index (χ0n) is 11.5. The van der Waals surface area contributed by atoms with Crippen molar-refractivity contribution in [3.63, 3.8) is 0 Å². The number of aliphatic hydroxyl groups is 1. The second-order valence-electron chi connectivity index (χ2n) is 4.87. The van der Waals surface area contributed by atoms with E-state index in [0.717, 1.165) is 16.5 Å². The van der Waals surface area contributed by atoms with Gasteiger partial charge in [-0.1, -0.05) is 18.2 Å². The first-order chi connectivity index (χ1) is 9.06. The lowest BCUT2D eigenvalue weighted by atomic mass is 10.1. The van der Waals surface area contributed by atoms with Gasteiger partial charge in [-0.2, -0.15) is 0 Å². The molecule has 1 aromatic heterocycles. The summed E-state index contributed by atoms with van der Waals surface area (Å²) in [5, 5.41) is 10.0. The van der Waals surface area contributed by atoms with Crippen molar-refractivity contribution >= 4 is 16.9 Å². The lowest BCUT2D eigenvalue weighted by Crippen LogP contribution is -2.39. The molecule has 0 aliphatic heterocycles. The summed E-state index contributed by atoms with van der Waals surface area (Å²) in [6.45, 7) is 5.99. The van der Waals surface area contributed by atoms with E-state index in [1.165, 1.54) is 0 Å². The Bertz CT molecular complexity index is 586. The second-order valence-corrected chi connectivity index (χ2v) is 4.87. The van der Waals surface area contributed by atoms with Crippen LogP contribution < -0.4 is 0 Å². The number of hydrogen-bond acceptors (Lipinski definition) is 3. The van der Waals surface area contributed by atoms with Gasteiger partial charge in [0.1, 0.15) is 5.58 Å². The molecule has 1 N–H and O–H groups in total. The molecule has 19 heavy (non-hydrogen) atoms. The van der Waals surface area contributed by atoms with Gasteiger partial charge in [0.25, 0.3) is 5.91 Å². The first kappa shape index (κ1) is 13.6. The first-order valence-corrected chi connectivity index (χ1v) is 6.46. The number of furan rings is 1. The fraction of sp³-hybridized carbons (Fsp3) is 0.400. The molecule has 0 saturated carbocycles. The van der Waals surface area contributed by atoms with Gasteiger partial charge in [-0.25, -0.2) is 0 Å². The third-order valence-corrected chi connectivity index (χ3v) is 3.26. The molecule has 0 aliphatic rings. The van der Waals surface area contributed by atoms with Crippen LogP contribution in [0.4, 0.5) is 0 Å². The normalized spacial score (nSPS) is 11.2. The van der Waals surface area contributed by atoms with Crippen LogP contribution in [-0.4, -0.2) is 35.1 Å². The molecule has 0 bridgehead atoms. The van der Waals surface area contributed by atoms with Crippen molar-refractivity contribution in [1.82, 2.24) is 4.90 Å².